The summed E-state index contributed by atoms with van der Waals surface area (Å²) in [5.41, 5.74) is 2.63. The zero-order valence-corrected chi connectivity index (χ0v) is 19.6. The van der Waals surface area contributed by atoms with Crippen LogP contribution in [0.2, 0.25) is 0 Å². The number of benzene rings is 2. The van der Waals surface area contributed by atoms with Crippen LogP contribution in [0.3, 0.4) is 0 Å². The highest BCUT2D eigenvalue weighted by molar-refractivity contribution is 5.99. The molecule has 184 valence electrons. The molecule has 9 nitrogen and oxygen atoms in total. The average molecular weight is 491 g/mol. The molecule has 0 aliphatic carbocycles. The lowest BCUT2D eigenvalue weighted by molar-refractivity contribution is -0.111. The number of fused-ring (bicyclic) bond motifs is 1. The second-order valence-electron chi connectivity index (χ2n) is 8.49. The van der Waals surface area contributed by atoms with Gasteiger partial charge in [0, 0.05) is 43.5 Å². The molecule has 2 aromatic carbocycles. The van der Waals surface area contributed by atoms with Gasteiger partial charge in [-0.25, -0.2) is 18.3 Å². The molecule has 0 radical (unpaired) electrons. The Labute approximate surface area is 206 Å². The summed E-state index contributed by atoms with van der Waals surface area (Å²) in [6, 6.07) is 11.8. The molecule has 2 aromatic heterocycles. The third-order valence-electron chi connectivity index (χ3n) is 6.07. The van der Waals surface area contributed by atoms with Crippen LogP contribution in [-0.4, -0.2) is 63.8 Å². The minimum atomic E-state index is -0.967. The largest absolute Gasteiger partial charge is 0.367 e. The lowest BCUT2D eigenvalue weighted by Gasteiger charge is -2.34. The van der Waals surface area contributed by atoms with E-state index < -0.39 is 11.6 Å². The van der Waals surface area contributed by atoms with Gasteiger partial charge >= 0.3 is 0 Å². The van der Waals surface area contributed by atoms with Crippen molar-refractivity contribution in [3.8, 4) is 11.3 Å². The first-order valence-corrected chi connectivity index (χ1v) is 11.4. The number of carbonyl (C=O) groups excluding carboxylic acids is 1. The summed E-state index contributed by atoms with van der Waals surface area (Å²) in [6.07, 6.45) is 2.62. The van der Waals surface area contributed by atoms with E-state index in [2.05, 4.69) is 37.4 Å². The van der Waals surface area contributed by atoms with Gasteiger partial charge in [0.05, 0.1) is 16.9 Å². The number of halogens is 2. The van der Waals surface area contributed by atoms with Gasteiger partial charge < -0.3 is 20.4 Å². The third kappa shape index (κ3) is 4.60. The van der Waals surface area contributed by atoms with E-state index in [0.717, 1.165) is 13.1 Å². The predicted molar refractivity (Wildman–Crippen MR) is 134 cm³/mol. The number of hydrogen-bond donors (Lipinski definition) is 2. The van der Waals surface area contributed by atoms with Gasteiger partial charge in [0.15, 0.2) is 11.6 Å². The number of aromatic nitrogens is 4. The van der Waals surface area contributed by atoms with Crippen LogP contribution in [0, 0.1) is 11.6 Å². The van der Waals surface area contributed by atoms with Crippen molar-refractivity contribution in [2.45, 2.75) is 0 Å². The number of carbonyl (C=O) groups is 1. The van der Waals surface area contributed by atoms with E-state index in [1.54, 1.807) is 30.3 Å². The van der Waals surface area contributed by atoms with Crippen molar-refractivity contribution in [3.63, 3.8) is 0 Å². The highest BCUT2D eigenvalue weighted by Gasteiger charge is 2.22. The monoisotopic (exact) mass is 490 g/mol. The van der Waals surface area contributed by atoms with Crippen LogP contribution < -0.4 is 15.5 Å². The van der Waals surface area contributed by atoms with Crippen LogP contribution >= 0.6 is 0 Å². The zero-order valence-electron chi connectivity index (χ0n) is 19.6. The van der Waals surface area contributed by atoms with E-state index in [0.29, 0.717) is 41.4 Å². The predicted octanol–water partition coefficient (Wildman–Crippen LogP) is 3.69. The molecule has 1 aliphatic heterocycles. The van der Waals surface area contributed by atoms with Crippen LogP contribution in [0.1, 0.15) is 0 Å². The van der Waals surface area contributed by atoms with E-state index in [1.807, 2.05) is 18.0 Å². The smallest absolute Gasteiger partial charge is 0.247 e. The first-order valence-electron chi connectivity index (χ1n) is 11.4. The van der Waals surface area contributed by atoms with E-state index in [9.17, 15) is 13.6 Å². The quantitative estimate of drug-likeness (QED) is 0.399. The van der Waals surface area contributed by atoms with Gasteiger partial charge in [-0.2, -0.15) is 0 Å². The molecule has 1 saturated heterocycles. The molecule has 3 heterocycles. The van der Waals surface area contributed by atoms with Gasteiger partial charge in [0.1, 0.15) is 17.8 Å². The molecular weight excluding hydrogens is 466 g/mol. The fraction of sp³-hybridized carbons (Fsp3) is 0.200. The molecule has 4 aromatic rings. The summed E-state index contributed by atoms with van der Waals surface area (Å²) >= 11 is 0. The molecular formula is C25H24F2N8O. The van der Waals surface area contributed by atoms with Crippen molar-refractivity contribution >= 4 is 34.3 Å². The van der Waals surface area contributed by atoms with Gasteiger partial charge in [-0.1, -0.05) is 23.9 Å². The Balaban J connectivity index is 1.42. The number of piperazine rings is 1. The Morgan fingerprint density at radius 1 is 1.08 bits per heavy atom. The van der Waals surface area contributed by atoms with E-state index in [-0.39, 0.29) is 17.3 Å². The molecule has 5 rings (SSSR count). The highest BCUT2D eigenvalue weighted by atomic mass is 19.2. The molecule has 0 saturated carbocycles. The summed E-state index contributed by atoms with van der Waals surface area (Å²) in [7, 11) is 2.00. The van der Waals surface area contributed by atoms with Crippen LogP contribution in [0.4, 0.5) is 31.7 Å². The minimum absolute atomic E-state index is 0.0228. The van der Waals surface area contributed by atoms with Crippen molar-refractivity contribution in [1.29, 1.82) is 0 Å². The summed E-state index contributed by atoms with van der Waals surface area (Å²) in [6.45, 7) is 6.29. The maximum absolute atomic E-state index is 15.0. The Kier molecular flexibility index (Phi) is 6.30. The standard InChI is InChI=1S/C25H24F2N8O/c1-3-22(36)29-17-6-4-5-16(13-17)25-20-14-21(28-15-35(20)32-31-25)30-18-7-8-19(24(27)23(18)26)34-11-9-33(2)10-12-34/h3-8,13-15,30H,1,9-12H2,2H3,(H,29,36). The molecule has 2 N–H and O–H groups in total. The van der Waals surface area contributed by atoms with E-state index in [1.165, 1.54) is 23.0 Å². The Bertz CT molecular complexity index is 1450. The number of anilines is 4. The van der Waals surface area contributed by atoms with Crippen LogP contribution in [0.5, 0.6) is 0 Å². The normalized spacial score (nSPS) is 14.1. The lowest BCUT2D eigenvalue weighted by atomic mass is 10.1. The van der Waals surface area contributed by atoms with E-state index in [4.69, 9.17) is 0 Å². The van der Waals surface area contributed by atoms with Gasteiger partial charge in [0.25, 0.3) is 0 Å². The molecule has 0 bridgehead atoms. The molecule has 11 heteroatoms. The third-order valence-corrected chi connectivity index (χ3v) is 6.07. The molecule has 0 atom stereocenters. The number of nitrogens with one attached hydrogen (secondary N) is 2. The molecule has 1 aliphatic rings. The Hall–Kier alpha value is -4.38. The van der Waals surface area contributed by atoms with Crippen LogP contribution in [-0.2, 0) is 4.79 Å². The summed E-state index contributed by atoms with van der Waals surface area (Å²) in [4.78, 5) is 19.9. The van der Waals surface area contributed by atoms with Crippen molar-refractivity contribution in [1.82, 2.24) is 24.7 Å². The Morgan fingerprint density at radius 3 is 2.67 bits per heavy atom. The number of amides is 1. The molecule has 0 unspecified atom stereocenters. The lowest BCUT2D eigenvalue weighted by Crippen LogP contribution is -2.44. The van der Waals surface area contributed by atoms with Gasteiger partial charge in [-0.3, -0.25) is 4.79 Å². The molecule has 1 amide bonds. The number of hydrogen-bond acceptors (Lipinski definition) is 7. The SMILES string of the molecule is C=CC(=O)Nc1cccc(-c2nnn3cnc(Nc4ccc(N5CCN(C)CC5)c(F)c4F)cc23)c1. The van der Waals surface area contributed by atoms with Gasteiger partial charge in [-0.05, 0) is 37.4 Å². The van der Waals surface area contributed by atoms with Crippen molar-refractivity contribution in [2.24, 2.45) is 0 Å². The van der Waals surface area contributed by atoms with Gasteiger partial charge in [0.2, 0.25) is 5.91 Å². The first kappa shape index (κ1) is 23.4. The fourth-order valence-electron chi connectivity index (χ4n) is 4.08. The van der Waals surface area contributed by atoms with Crippen LogP contribution in [0.25, 0.3) is 16.8 Å². The highest BCUT2D eigenvalue weighted by Crippen LogP contribution is 2.30. The summed E-state index contributed by atoms with van der Waals surface area (Å²) in [5.74, 6) is -1.89. The molecule has 36 heavy (non-hydrogen) atoms. The van der Waals surface area contributed by atoms with Gasteiger partial charge in [-0.15, -0.1) is 5.10 Å². The topological polar surface area (TPSA) is 90.7 Å². The fourth-order valence-corrected chi connectivity index (χ4v) is 4.08. The second-order valence-corrected chi connectivity index (χ2v) is 8.49. The summed E-state index contributed by atoms with van der Waals surface area (Å²) in [5, 5.41) is 13.9. The molecule has 0 spiro atoms. The van der Waals surface area contributed by atoms with Crippen molar-refractivity contribution in [3.05, 3.63) is 73.1 Å². The second kappa shape index (κ2) is 9.70. The minimum Gasteiger partial charge on any atom is -0.367 e. The number of likely N-dealkylation sites (N-methyl/N-ethyl adjacent to an activating group) is 1. The average Bonchev–Trinajstić information content (AvgIpc) is 3.31. The maximum atomic E-state index is 15.0. The van der Waals surface area contributed by atoms with Crippen molar-refractivity contribution in [2.75, 3.05) is 48.8 Å². The maximum Gasteiger partial charge on any atom is 0.247 e. The van der Waals surface area contributed by atoms with Crippen molar-refractivity contribution < 1.29 is 13.6 Å². The summed E-state index contributed by atoms with van der Waals surface area (Å²) < 4.78 is 31.4. The molecule has 1 fully saturated rings. The Morgan fingerprint density at radius 2 is 1.89 bits per heavy atom. The first-order chi connectivity index (χ1) is 17.4. The number of nitrogens with zero attached hydrogens (tertiary/aromatic N) is 6. The number of rotatable bonds is 6. The van der Waals surface area contributed by atoms with E-state index >= 15 is 0 Å². The van der Waals surface area contributed by atoms with Crippen LogP contribution in [0.15, 0.2) is 61.4 Å². The zero-order chi connectivity index (χ0) is 25.2.